The minimum Gasteiger partial charge on any atom is -0.478 e. The van der Waals surface area contributed by atoms with Gasteiger partial charge in [0.05, 0.1) is 23.4 Å². The summed E-state index contributed by atoms with van der Waals surface area (Å²) in [6, 6.07) is 21.3. The second-order valence-electron chi connectivity index (χ2n) is 6.73. The van der Waals surface area contributed by atoms with Crippen molar-refractivity contribution in [1.29, 1.82) is 0 Å². The summed E-state index contributed by atoms with van der Waals surface area (Å²) in [5, 5.41) is 9.83. The average molecular weight is 387 g/mol. The maximum atomic E-state index is 13.6. The van der Waals surface area contributed by atoms with E-state index < -0.39 is 11.8 Å². The second-order valence-corrected chi connectivity index (χ2v) is 6.73. The Bertz CT molecular complexity index is 1200. The maximum absolute atomic E-state index is 13.6. The number of benzene rings is 3. The minimum absolute atomic E-state index is 0.0286. The number of pyridine rings is 1. The molecule has 0 aliphatic heterocycles. The van der Waals surface area contributed by atoms with Gasteiger partial charge in [0.1, 0.15) is 5.82 Å². The van der Waals surface area contributed by atoms with E-state index in [1.807, 2.05) is 42.5 Å². The van der Waals surface area contributed by atoms with Crippen molar-refractivity contribution in [2.45, 2.75) is 6.61 Å². The second kappa shape index (κ2) is 7.81. The third-order valence-corrected chi connectivity index (χ3v) is 4.75. The van der Waals surface area contributed by atoms with Crippen LogP contribution in [0.1, 0.15) is 15.9 Å². The molecule has 1 heterocycles. The lowest BCUT2D eigenvalue weighted by molar-refractivity contribution is 0.0699. The lowest BCUT2D eigenvalue weighted by Crippen LogP contribution is -2.00. The van der Waals surface area contributed by atoms with Gasteiger partial charge in [-0.05, 0) is 47.0 Å². The molecule has 0 saturated carbocycles. The Hall–Kier alpha value is -3.57. The summed E-state index contributed by atoms with van der Waals surface area (Å²) in [5.74, 6) is -1.61. The molecule has 1 N–H and O–H groups in total. The van der Waals surface area contributed by atoms with E-state index in [1.54, 1.807) is 7.11 Å². The highest BCUT2D eigenvalue weighted by molar-refractivity contribution is 6.03. The summed E-state index contributed by atoms with van der Waals surface area (Å²) in [5.41, 5.74) is 4.98. The van der Waals surface area contributed by atoms with Crippen molar-refractivity contribution in [1.82, 2.24) is 4.98 Å². The highest BCUT2D eigenvalue weighted by atomic mass is 19.1. The number of hydrogen-bond acceptors (Lipinski definition) is 3. The predicted octanol–water partition coefficient (Wildman–Crippen LogP) is 5.55. The number of aromatic carboxylic acids is 1. The minimum atomic E-state index is -1.11. The Morgan fingerprint density at radius 2 is 1.72 bits per heavy atom. The summed E-state index contributed by atoms with van der Waals surface area (Å²) >= 11 is 0. The number of halogens is 1. The van der Waals surface area contributed by atoms with E-state index in [2.05, 4.69) is 11.1 Å². The van der Waals surface area contributed by atoms with Gasteiger partial charge in [0.2, 0.25) is 0 Å². The zero-order valence-electron chi connectivity index (χ0n) is 15.7. The van der Waals surface area contributed by atoms with Crippen LogP contribution in [0.4, 0.5) is 4.39 Å². The number of ether oxygens (including phenoxy) is 1. The van der Waals surface area contributed by atoms with Crippen molar-refractivity contribution in [3.8, 4) is 22.4 Å². The molecule has 4 aromatic rings. The van der Waals surface area contributed by atoms with E-state index in [-0.39, 0.29) is 10.9 Å². The summed E-state index contributed by atoms with van der Waals surface area (Å²) < 4.78 is 18.7. The molecule has 0 atom stereocenters. The first-order valence-corrected chi connectivity index (χ1v) is 9.07. The first-order valence-electron chi connectivity index (χ1n) is 9.07. The number of fused-ring (bicyclic) bond motifs is 1. The molecule has 4 rings (SSSR count). The number of carbonyl (C=O) groups is 1. The largest absolute Gasteiger partial charge is 0.478 e. The molecule has 29 heavy (non-hydrogen) atoms. The summed E-state index contributed by atoms with van der Waals surface area (Å²) in [6.45, 7) is 0.547. The number of methoxy groups -OCH3 is 1. The summed E-state index contributed by atoms with van der Waals surface area (Å²) in [4.78, 5) is 16.2. The molecular formula is C24H18FNO3. The van der Waals surface area contributed by atoms with Crippen LogP contribution in [-0.2, 0) is 11.3 Å². The number of hydrogen-bond donors (Lipinski definition) is 1. The molecule has 0 bridgehead atoms. The molecule has 3 aromatic carbocycles. The van der Waals surface area contributed by atoms with Crippen LogP contribution in [0.2, 0.25) is 0 Å². The van der Waals surface area contributed by atoms with Crippen molar-refractivity contribution in [3.63, 3.8) is 0 Å². The normalized spacial score (nSPS) is 11.0. The SMILES string of the molecule is COCc1cccc(-c2ccc(-c3cc(C(=O)O)c4cc(F)ccc4n3)cc2)c1. The Labute approximate surface area is 167 Å². The third kappa shape index (κ3) is 3.86. The van der Waals surface area contributed by atoms with Gasteiger partial charge in [0.25, 0.3) is 0 Å². The lowest BCUT2D eigenvalue weighted by atomic mass is 9.99. The van der Waals surface area contributed by atoms with Crippen molar-refractivity contribution >= 4 is 16.9 Å². The van der Waals surface area contributed by atoms with Crippen LogP contribution in [0.25, 0.3) is 33.3 Å². The molecule has 5 heteroatoms. The third-order valence-electron chi connectivity index (χ3n) is 4.75. The van der Waals surface area contributed by atoms with Gasteiger partial charge in [0.15, 0.2) is 0 Å². The standard InChI is InChI=1S/C24H18FNO3/c1-29-14-15-3-2-4-18(11-15)16-5-7-17(8-6-16)23-13-21(24(27)28)20-12-19(25)9-10-22(20)26-23/h2-13H,14H2,1H3,(H,27,28). The molecular weight excluding hydrogens is 369 g/mol. The van der Waals surface area contributed by atoms with Gasteiger partial charge in [-0.15, -0.1) is 0 Å². The quantitative estimate of drug-likeness (QED) is 0.488. The topological polar surface area (TPSA) is 59.4 Å². The van der Waals surface area contributed by atoms with Crippen LogP contribution >= 0.6 is 0 Å². The molecule has 1 aromatic heterocycles. The van der Waals surface area contributed by atoms with Crippen molar-refractivity contribution in [2.75, 3.05) is 7.11 Å². The molecule has 4 nitrogen and oxygen atoms in total. The highest BCUT2D eigenvalue weighted by Gasteiger charge is 2.14. The number of carboxylic acids is 1. The van der Waals surface area contributed by atoms with E-state index in [0.717, 1.165) is 22.3 Å². The zero-order valence-corrected chi connectivity index (χ0v) is 15.7. The molecule has 0 fully saturated rings. The Morgan fingerprint density at radius 3 is 2.45 bits per heavy atom. The van der Waals surface area contributed by atoms with Crippen LogP contribution in [0.5, 0.6) is 0 Å². The van der Waals surface area contributed by atoms with Crippen molar-refractivity contribution in [2.24, 2.45) is 0 Å². The Balaban J connectivity index is 1.74. The molecule has 0 unspecified atom stereocenters. The summed E-state index contributed by atoms with van der Waals surface area (Å²) in [6.07, 6.45) is 0. The molecule has 0 aliphatic rings. The smallest absolute Gasteiger partial charge is 0.336 e. The van der Waals surface area contributed by atoms with Gasteiger partial charge in [0, 0.05) is 18.1 Å². The average Bonchev–Trinajstić information content (AvgIpc) is 2.73. The maximum Gasteiger partial charge on any atom is 0.336 e. The molecule has 0 radical (unpaired) electrons. The highest BCUT2D eigenvalue weighted by Crippen LogP contribution is 2.28. The fourth-order valence-electron chi connectivity index (χ4n) is 3.36. The first-order chi connectivity index (χ1) is 14.0. The van der Waals surface area contributed by atoms with Crippen LogP contribution in [0.15, 0.2) is 72.8 Å². The zero-order chi connectivity index (χ0) is 20.4. The predicted molar refractivity (Wildman–Crippen MR) is 110 cm³/mol. The fraction of sp³-hybridized carbons (Fsp3) is 0.0833. The summed E-state index contributed by atoms with van der Waals surface area (Å²) in [7, 11) is 1.66. The number of rotatable bonds is 5. The molecule has 0 saturated heterocycles. The first kappa shape index (κ1) is 18.8. The Kier molecular flexibility index (Phi) is 5.06. The van der Waals surface area contributed by atoms with E-state index in [1.165, 1.54) is 24.3 Å². The van der Waals surface area contributed by atoms with Crippen molar-refractivity contribution < 1.29 is 19.0 Å². The molecule has 0 aliphatic carbocycles. The monoisotopic (exact) mass is 387 g/mol. The van der Waals surface area contributed by atoms with Gasteiger partial charge in [-0.2, -0.15) is 0 Å². The van der Waals surface area contributed by atoms with Gasteiger partial charge in [-0.1, -0.05) is 42.5 Å². The Morgan fingerprint density at radius 1 is 0.966 bits per heavy atom. The van der Waals surface area contributed by atoms with Crippen LogP contribution in [0.3, 0.4) is 0 Å². The van der Waals surface area contributed by atoms with E-state index in [0.29, 0.717) is 17.8 Å². The van der Waals surface area contributed by atoms with E-state index in [4.69, 9.17) is 4.74 Å². The van der Waals surface area contributed by atoms with Gasteiger partial charge in [-0.25, -0.2) is 14.2 Å². The van der Waals surface area contributed by atoms with E-state index in [9.17, 15) is 14.3 Å². The number of nitrogens with zero attached hydrogens (tertiary/aromatic N) is 1. The van der Waals surface area contributed by atoms with Crippen molar-refractivity contribution in [3.05, 3.63) is 89.7 Å². The lowest BCUT2D eigenvalue weighted by Gasteiger charge is -2.09. The van der Waals surface area contributed by atoms with Crippen LogP contribution < -0.4 is 0 Å². The van der Waals surface area contributed by atoms with Gasteiger partial charge >= 0.3 is 5.97 Å². The molecule has 0 amide bonds. The van der Waals surface area contributed by atoms with Crippen LogP contribution in [0, 0.1) is 5.82 Å². The van der Waals surface area contributed by atoms with Gasteiger partial charge in [-0.3, -0.25) is 0 Å². The molecule has 0 spiro atoms. The number of aromatic nitrogens is 1. The van der Waals surface area contributed by atoms with E-state index >= 15 is 0 Å². The number of carboxylic acid groups (broad SMARTS) is 1. The van der Waals surface area contributed by atoms with Crippen LogP contribution in [-0.4, -0.2) is 23.2 Å². The molecule has 144 valence electrons. The fourth-order valence-corrected chi connectivity index (χ4v) is 3.36. The van der Waals surface area contributed by atoms with Gasteiger partial charge < -0.3 is 9.84 Å².